The van der Waals surface area contributed by atoms with E-state index < -0.39 is 12.1 Å². The number of carboxylic acids is 1. The molecule has 4 N–H and O–H groups in total. The summed E-state index contributed by atoms with van der Waals surface area (Å²) in [5.41, 5.74) is 0.924. The molecule has 0 aliphatic carbocycles. The van der Waals surface area contributed by atoms with Gasteiger partial charge in [0.25, 0.3) is 0 Å². The number of nitrogens with one attached hydrogen (secondary N) is 2. The van der Waals surface area contributed by atoms with Gasteiger partial charge in [-0.25, -0.2) is 4.79 Å². The zero-order chi connectivity index (χ0) is 13.8. The van der Waals surface area contributed by atoms with Gasteiger partial charge < -0.3 is 20.8 Å². The lowest BCUT2D eigenvalue weighted by Gasteiger charge is -2.11. The Morgan fingerprint density at radius 3 is 2.84 bits per heavy atom. The van der Waals surface area contributed by atoms with Crippen molar-refractivity contribution in [2.75, 3.05) is 6.54 Å². The van der Waals surface area contributed by atoms with Crippen molar-refractivity contribution in [3.05, 3.63) is 35.4 Å². The van der Waals surface area contributed by atoms with E-state index >= 15 is 0 Å². The van der Waals surface area contributed by atoms with Gasteiger partial charge in [-0.2, -0.15) is 0 Å². The quantitative estimate of drug-likeness (QED) is 0.600. The van der Waals surface area contributed by atoms with Crippen LogP contribution in [-0.2, 0) is 11.3 Å². The second-order valence-corrected chi connectivity index (χ2v) is 4.57. The average Bonchev–Trinajstić information content (AvgIpc) is 2.83. The fraction of sp³-hybridized carbons (Fsp3) is 0.385. The second kappa shape index (κ2) is 5.81. The highest BCUT2D eigenvalue weighted by molar-refractivity contribution is 5.87. The van der Waals surface area contributed by atoms with E-state index in [1.165, 1.54) is 12.1 Å². The van der Waals surface area contributed by atoms with Gasteiger partial charge in [-0.1, -0.05) is 12.1 Å². The third-order valence-corrected chi connectivity index (χ3v) is 3.06. The summed E-state index contributed by atoms with van der Waals surface area (Å²) in [6, 6.07) is 6.05. The number of hydrogen-bond acceptors (Lipinski definition) is 4. The van der Waals surface area contributed by atoms with E-state index in [2.05, 4.69) is 10.6 Å². The molecule has 0 aromatic heterocycles. The molecule has 2 rings (SSSR count). The summed E-state index contributed by atoms with van der Waals surface area (Å²) in [4.78, 5) is 22.6. The first-order chi connectivity index (χ1) is 9.06. The Hall–Kier alpha value is -1.92. The van der Waals surface area contributed by atoms with Crippen LogP contribution in [0.5, 0.6) is 0 Å². The zero-order valence-electron chi connectivity index (χ0n) is 10.3. The number of aliphatic hydroxyl groups is 1. The van der Waals surface area contributed by atoms with E-state index in [1.807, 2.05) is 0 Å². The van der Waals surface area contributed by atoms with Crippen LogP contribution in [0.2, 0.25) is 0 Å². The summed E-state index contributed by atoms with van der Waals surface area (Å²) in [5, 5.41) is 23.8. The summed E-state index contributed by atoms with van der Waals surface area (Å²) < 4.78 is 0. The summed E-state index contributed by atoms with van der Waals surface area (Å²) >= 11 is 0. The molecule has 1 aliphatic rings. The van der Waals surface area contributed by atoms with Crippen LogP contribution in [0.3, 0.4) is 0 Å². The monoisotopic (exact) mass is 264 g/mol. The molecule has 1 saturated heterocycles. The van der Waals surface area contributed by atoms with Crippen molar-refractivity contribution < 1.29 is 19.8 Å². The van der Waals surface area contributed by atoms with Gasteiger partial charge in [-0.05, 0) is 24.1 Å². The average molecular weight is 264 g/mol. The van der Waals surface area contributed by atoms with Gasteiger partial charge in [0.05, 0.1) is 17.7 Å². The molecule has 6 nitrogen and oxygen atoms in total. The van der Waals surface area contributed by atoms with Crippen LogP contribution in [-0.4, -0.2) is 40.8 Å². The number of aliphatic hydroxyl groups excluding tert-OH is 1. The van der Waals surface area contributed by atoms with E-state index in [4.69, 9.17) is 5.11 Å². The minimum atomic E-state index is -0.992. The Labute approximate surface area is 110 Å². The molecule has 19 heavy (non-hydrogen) atoms. The highest BCUT2D eigenvalue weighted by atomic mass is 16.4. The molecule has 1 amide bonds. The predicted octanol–water partition coefficient (Wildman–Crippen LogP) is -0.276. The maximum absolute atomic E-state index is 11.8. The van der Waals surface area contributed by atoms with Gasteiger partial charge in [0.1, 0.15) is 0 Å². The number of rotatable bonds is 4. The van der Waals surface area contributed by atoms with Gasteiger partial charge in [-0.15, -0.1) is 0 Å². The van der Waals surface area contributed by atoms with Crippen molar-refractivity contribution in [3.63, 3.8) is 0 Å². The van der Waals surface area contributed by atoms with Gasteiger partial charge >= 0.3 is 5.97 Å². The summed E-state index contributed by atoms with van der Waals surface area (Å²) in [6.45, 7) is 0.695. The van der Waals surface area contributed by atoms with Crippen LogP contribution in [0.25, 0.3) is 0 Å². The highest BCUT2D eigenvalue weighted by Crippen LogP contribution is 2.08. The predicted molar refractivity (Wildman–Crippen MR) is 67.7 cm³/mol. The molecule has 1 aromatic rings. The van der Waals surface area contributed by atoms with E-state index in [9.17, 15) is 14.7 Å². The normalized spacial score (nSPS) is 22.2. The van der Waals surface area contributed by atoms with E-state index in [1.54, 1.807) is 12.1 Å². The van der Waals surface area contributed by atoms with Crippen molar-refractivity contribution in [1.82, 2.24) is 10.6 Å². The molecule has 0 radical (unpaired) electrons. The Morgan fingerprint density at radius 2 is 2.21 bits per heavy atom. The number of carbonyl (C=O) groups excluding carboxylic acids is 1. The van der Waals surface area contributed by atoms with Gasteiger partial charge in [0.2, 0.25) is 5.91 Å². The van der Waals surface area contributed by atoms with Crippen LogP contribution < -0.4 is 10.6 Å². The van der Waals surface area contributed by atoms with Gasteiger partial charge in [0.15, 0.2) is 0 Å². The minimum Gasteiger partial charge on any atom is -0.478 e. The molecule has 1 aromatic carbocycles. The molecule has 6 heteroatoms. The zero-order valence-corrected chi connectivity index (χ0v) is 10.3. The van der Waals surface area contributed by atoms with Crippen molar-refractivity contribution >= 4 is 11.9 Å². The molecule has 1 heterocycles. The van der Waals surface area contributed by atoms with Crippen molar-refractivity contribution in [2.24, 2.45) is 0 Å². The van der Waals surface area contributed by atoms with E-state index in [-0.39, 0.29) is 24.1 Å². The summed E-state index contributed by atoms with van der Waals surface area (Å²) in [6.07, 6.45) is -0.0767. The van der Waals surface area contributed by atoms with Crippen molar-refractivity contribution in [2.45, 2.75) is 25.1 Å². The van der Waals surface area contributed by atoms with Crippen LogP contribution in [0, 0.1) is 0 Å². The maximum atomic E-state index is 11.8. The first-order valence-electron chi connectivity index (χ1n) is 6.07. The number of aromatic carboxylic acids is 1. The maximum Gasteiger partial charge on any atom is 0.335 e. The molecular weight excluding hydrogens is 248 g/mol. The lowest BCUT2D eigenvalue weighted by atomic mass is 10.1. The molecule has 0 bridgehead atoms. The molecule has 0 saturated carbocycles. The van der Waals surface area contributed by atoms with Crippen LogP contribution in [0.1, 0.15) is 22.3 Å². The fourth-order valence-corrected chi connectivity index (χ4v) is 2.04. The molecule has 102 valence electrons. The SMILES string of the molecule is O=C(O)c1cccc(CNC(=O)C2CC(O)CN2)c1. The number of amides is 1. The second-order valence-electron chi connectivity index (χ2n) is 4.57. The van der Waals surface area contributed by atoms with E-state index in [0.717, 1.165) is 5.56 Å². The molecule has 1 fully saturated rings. The van der Waals surface area contributed by atoms with Gasteiger partial charge in [0, 0.05) is 13.1 Å². The largest absolute Gasteiger partial charge is 0.478 e. The Kier molecular flexibility index (Phi) is 4.13. The molecule has 2 unspecified atom stereocenters. The molecular formula is C13H16N2O4. The fourth-order valence-electron chi connectivity index (χ4n) is 2.04. The van der Waals surface area contributed by atoms with Crippen LogP contribution >= 0.6 is 0 Å². The third-order valence-electron chi connectivity index (χ3n) is 3.06. The topological polar surface area (TPSA) is 98.7 Å². The highest BCUT2D eigenvalue weighted by Gasteiger charge is 2.27. The molecule has 0 spiro atoms. The lowest BCUT2D eigenvalue weighted by Crippen LogP contribution is -2.40. The number of carboxylic acid groups (broad SMARTS) is 1. The van der Waals surface area contributed by atoms with Crippen LogP contribution in [0.4, 0.5) is 0 Å². The standard InChI is InChI=1S/C13H16N2O4/c16-10-5-11(14-7-10)12(17)15-6-8-2-1-3-9(4-8)13(18)19/h1-4,10-11,14,16H,5-7H2,(H,15,17)(H,18,19). The smallest absolute Gasteiger partial charge is 0.335 e. The van der Waals surface area contributed by atoms with E-state index in [0.29, 0.717) is 13.0 Å². The van der Waals surface area contributed by atoms with Gasteiger partial charge in [-0.3, -0.25) is 4.79 Å². The number of carbonyl (C=O) groups is 2. The Morgan fingerprint density at radius 1 is 1.42 bits per heavy atom. The number of hydrogen-bond donors (Lipinski definition) is 4. The van der Waals surface area contributed by atoms with Crippen molar-refractivity contribution in [3.8, 4) is 0 Å². The summed E-state index contributed by atoms with van der Waals surface area (Å²) in [5.74, 6) is -1.17. The summed E-state index contributed by atoms with van der Waals surface area (Å²) in [7, 11) is 0. The molecule has 2 atom stereocenters. The minimum absolute atomic E-state index is 0.183. The first kappa shape index (κ1) is 13.5. The first-order valence-corrected chi connectivity index (χ1v) is 6.07. The molecule has 1 aliphatic heterocycles. The van der Waals surface area contributed by atoms with Crippen LogP contribution in [0.15, 0.2) is 24.3 Å². The Bertz CT molecular complexity index is 489. The number of benzene rings is 1. The third kappa shape index (κ3) is 3.52. The Balaban J connectivity index is 1.90. The van der Waals surface area contributed by atoms with Crippen molar-refractivity contribution in [1.29, 1.82) is 0 Å². The lowest BCUT2D eigenvalue weighted by molar-refractivity contribution is -0.123. The number of β-amino-alcohol motifs (C(OH)–C–C–N with tert-alkyl or cyclic N) is 1.